The molecule has 104 valence electrons. The van der Waals surface area contributed by atoms with Crippen LogP contribution in [0.1, 0.15) is 29.5 Å². The number of carbonyl (C=O) groups is 2. The van der Waals surface area contributed by atoms with Crippen molar-refractivity contribution in [3.63, 3.8) is 0 Å². The zero-order valence-corrected chi connectivity index (χ0v) is 10.9. The van der Waals surface area contributed by atoms with Crippen molar-refractivity contribution >= 4 is 11.9 Å². The van der Waals surface area contributed by atoms with Crippen LogP contribution in [-0.2, 0) is 18.3 Å². The van der Waals surface area contributed by atoms with Crippen LogP contribution in [0.2, 0.25) is 0 Å². The lowest BCUT2D eigenvalue weighted by molar-refractivity contribution is -0.141. The molecule has 0 saturated carbocycles. The molecule has 1 fully saturated rings. The number of hydrogen-bond acceptors (Lipinski definition) is 4. The molecule has 1 aromatic heterocycles. The number of likely N-dealkylation sites (tertiary alicyclic amines) is 1. The number of β-amino-alcohol motifs (C(OH)–C–C–N with tert-alkyl or cyclic N) is 1. The van der Waals surface area contributed by atoms with Gasteiger partial charge in [-0.1, -0.05) is 6.92 Å². The van der Waals surface area contributed by atoms with E-state index < -0.39 is 24.0 Å². The van der Waals surface area contributed by atoms with E-state index in [1.807, 2.05) is 6.92 Å². The number of carbonyl (C=O) groups excluding carboxylic acids is 1. The summed E-state index contributed by atoms with van der Waals surface area (Å²) in [5.41, 5.74) is 1.12. The van der Waals surface area contributed by atoms with Gasteiger partial charge in [0.25, 0.3) is 5.91 Å². The third-order valence-electron chi connectivity index (χ3n) is 3.34. The van der Waals surface area contributed by atoms with Crippen LogP contribution in [0.15, 0.2) is 6.07 Å². The Kier molecular flexibility index (Phi) is 3.57. The molecule has 0 radical (unpaired) electrons. The molecule has 2 rings (SSSR count). The molecule has 1 aromatic rings. The van der Waals surface area contributed by atoms with Crippen LogP contribution in [0.5, 0.6) is 0 Å². The van der Waals surface area contributed by atoms with Crippen LogP contribution in [0.25, 0.3) is 0 Å². The summed E-state index contributed by atoms with van der Waals surface area (Å²) in [6, 6.07) is 0.689. The Morgan fingerprint density at radius 3 is 2.74 bits per heavy atom. The Balaban J connectivity index is 2.27. The van der Waals surface area contributed by atoms with Crippen LogP contribution < -0.4 is 0 Å². The number of aromatic nitrogens is 2. The van der Waals surface area contributed by atoms with E-state index in [4.69, 9.17) is 5.11 Å². The van der Waals surface area contributed by atoms with Crippen LogP contribution >= 0.6 is 0 Å². The van der Waals surface area contributed by atoms with Gasteiger partial charge in [0.05, 0.1) is 11.8 Å². The van der Waals surface area contributed by atoms with Gasteiger partial charge in [0.2, 0.25) is 0 Å². The summed E-state index contributed by atoms with van der Waals surface area (Å²) in [7, 11) is 1.65. The second-order valence-electron chi connectivity index (χ2n) is 4.70. The van der Waals surface area contributed by atoms with Gasteiger partial charge in [0, 0.05) is 20.0 Å². The summed E-state index contributed by atoms with van der Waals surface area (Å²) in [5.74, 6) is -1.50. The first-order valence-corrected chi connectivity index (χ1v) is 6.18. The number of aliphatic hydroxyl groups excluding tert-OH is 1. The zero-order valence-electron chi connectivity index (χ0n) is 10.9. The van der Waals surface area contributed by atoms with Crippen molar-refractivity contribution in [1.82, 2.24) is 14.7 Å². The van der Waals surface area contributed by atoms with Gasteiger partial charge in [0.15, 0.2) is 0 Å². The van der Waals surface area contributed by atoms with Gasteiger partial charge in [-0.2, -0.15) is 5.10 Å². The molecule has 1 unspecified atom stereocenters. The van der Waals surface area contributed by atoms with Crippen LogP contribution in [0, 0.1) is 0 Å². The normalized spacial score (nSPS) is 22.8. The summed E-state index contributed by atoms with van der Waals surface area (Å²) >= 11 is 0. The Morgan fingerprint density at radius 2 is 2.21 bits per heavy atom. The minimum Gasteiger partial charge on any atom is -0.480 e. The number of carboxylic acids is 1. The predicted octanol–water partition coefficient (Wildman–Crippen LogP) is -0.357. The molecule has 1 aliphatic heterocycles. The van der Waals surface area contributed by atoms with E-state index >= 15 is 0 Å². The maximum Gasteiger partial charge on any atom is 0.326 e. The zero-order chi connectivity index (χ0) is 14.2. The van der Waals surface area contributed by atoms with Crippen molar-refractivity contribution < 1.29 is 19.8 Å². The molecule has 2 N–H and O–H groups in total. The maximum absolute atomic E-state index is 12.3. The van der Waals surface area contributed by atoms with Crippen LogP contribution in [-0.4, -0.2) is 55.5 Å². The molecule has 1 aliphatic rings. The Bertz CT molecular complexity index is 511. The van der Waals surface area contributed by atoms with Gasteiger partial charge < -0.3 is 15.1 Å². The fraction of sp³-hybridized carbons (Fsp3) is 0.583. The van der Waals surface area contributed by atoms with E-state index in [9.17, 15) is 14.7 Å². The second-order valence-corrected chi connectivity index (χ2v) is 4.70. The number of nitrogens with zero attached hydrogens (tertiary/aromatic N) is 3. The highest BCUT2D eigenvalue weighted by Gasteiger charge is 2.40. The number of aliphatic hydroxyl groups is 1. The van der Waals surface area contributed by atoms with Crippen LogP contribution in [0.4, 0.5) is 0 Å². The SMILES string of the molecule is CCc1cc(C(=O)N2CC(O)C[C@H]2C(=O)O)n(C)n1. The summed E-state index contributed by atoms with van der Waals surface area (Å²) in [6.45, 7) is 1.97. The number of aryl methyl sites for hydroxylation is 2. The van der Waals surface area contributed by atoms with E-state index in [1.54, 1.807) is 13.1 Å². The number of rotatable bonds is 3. The van der Waals surface area contributed by atoms with Crippen molar-refractivity contribution in [3.8, 4) is 0 Å². The molecular weight excluding hydrogens is 250 g/mol. The molecule has 1 saturated heterocycles. The fourth-order valence-corrected chi connectivity index (χ4v) is 2.32. The Hall–Kier alpha value is -1.89. The topological polar surface area (TPSA) is 95.7 Å². The first kappa shape index (κ1) is 13.5. The molecule has 1 amide bonds. The van der Waals surface area contributed by atoms with E-state index in [0.717, 1.165) is 5.69 Å². The highest BCUT2D eigenvalue weighted by atomic mass is 16.4. The van der Waals surface area contributed by atoms with Gasteiger partial charge in [-0.15, -0.1) is 0 Å². The van der Waals surface area contributed by atoms with Gasteiger partial charge >= 0.3 is 5.97 Å². The number of amides is 1. The quantitative estimate of drug-likeness (QED) is 0.780. The molecule has 0 aromatic carbocycles. The molecule has 2 atom stereocenters. The molecule has 0 bridgehead atoms. The summed E-state index contributed by atoms with van der Waals surface area (Å²) in [5, 5.41) is 22.8. The molecule has 7 nitrogen and oxygen atoms in total. The largest absolute Gasteiger partial charge is 0.480 e. The standard InChI is InChI=1S/C12H17N3O4/c1-3-7-4-9(14(2)13-7)11(17)15-6-8(16)5-10(15)12(18)19/h4,8,10,16H,3,5-6H2,1-2H3,(H,18,19)/t8?,10-/m0/s1. The highest BCUT2D eigenvalue weighted by molar-refractivity contribution is 5.95. The monoisotopic (exact) mass is 267 g/mol. The fourth-order valence-electron chi connectivity index (χ4n) is 2.32. The minimum absolute atomic E-state index is 0.0441. The average Bonchev–Trinajstić information content (AvgIpc) is 2.91. The predicted molar refractivity (Wildman–Crippen MR) is 65.7 cm³/mol. The second kappa shape index (κ2) is 5.00. The average molecular weight is 267 g/mol. The first-order valence-electron chi connectivity index (χ1n) is 6.18. The summed E-state index contributed by atoms with van der Waals surface area (Å²) in [6.07, 6.45) is -0.0185. The summed E-state index contributed by atoms with van der Waals surface area (Å²) < 4.78 is 1.45. The van der Waals surface area contributed by atoms with Crippen molar-refractivity contribution in [2.24, 2.45) is 7.05 Å². The first-order chi connectivity index (χ1) is 8.93. The van der Waals surface area contributed by atoms with E-state index in [1.165, 1.54) is 9.58 Å². The number of hydrogen-bond donors (Lipinski definition) is 2. The molecule has 0 spiro atoms. The van der Waals surface area contributed by atoms with Gasteiger partial charge in [-0.3, -0.25) is 9.48 Å². The molecule has 7 heteroatoms. The van der Waals surface area contributed by atoms with E-state index in [-0.39, 0.29) is 13.0 Å². The lowest BCUT2D eigenvalue weighted by Gasteiger charge is -2.20. The van der Waals surface area contributed by atoms with E-state index in [0.29, 0.717) is 12.1 Å². The van der Waals surface area contributed by atoms with Crippen molar-refractivity contribution in [1.29, 1.82) is 0 Å². The maximum atomic E-state index is 12.3. The Morgan fingerprint density at radius 1 is 1.53 bits per heavy atom. The summed E-state index contributed by atoms with van der Waals surface area (Å²) in [4.78, 5) is 24.7. The van der Waals surface area contributed by atoms with Gasteiger partial charge in [-0.05, 0) is 12.5 Å². The lowest BCUT2D eigenvalue weighted by atomic mass is 10.2. The minimum atomic E-state index is -1.09. The van der Waals surface area contributed by atoms with Crippen molar-refractivity contribution in [2.45, 2.75) is 31.9 Å². The lowest BCUT2D eigenvalue weighted by Crippen LogP contribution is -2.41. The van der Waals surface area contributed by atoms with Crippen molar-refractivity contribution in [3.05, 3.63) is 17.5 Å². The van der Waals surface area contributed by atoms with E-state index in [2.05, 4.69) is 5.10 Å². The van der Waals surface area contributed by atoms with Gasteiger partial charge in [0.1, 0.15) is 11.7 Å². The molecule has 0 aliphatic carbocycles. The third-order valence-corrected chi connectivity index (χ3v) is 3.34. The molecule has 2 heterocycles. The molecule has 19 heavy (non-hydrogen) atoms. The Labute approximate surface area is 110 Å². The highest BCUT2D eigenvalue weighted by Crippen LogP contribution is 2.21. The smallest absolute Gasteiger partial charge is 0.326 e. The molecular formula is C12H17N3O4. The third kappa shape index (κ3) is 2.46. The van der Waals surface area contributed by atoms with Gasteiger partial charge in [-0.25, -0.2) is 4.79 Å². The number of carboxylic acid groups (broad SMARTS) is 1. The van der Waals surface area contributed by atoms with Crippen molar-refractivity contribution in [2.75, 3.05) is 6.54 Å². The van der Waals surface area contributed by atoms with Crippen LogP contribution in [0.3, 0.4) is 0 Å². The number of aliphatic carboxylic acids is 1.